The number of aromatic nitrogens is 1. The molecule has 82 valence electrons. The minimum Gasteiger partial charge on any atom is -0.383 e. The van der Waals surface area contributed by atoms with Gasteiger partial charge in [0.05, 0.1) is 12.1 Å². The zero-order chi connectivity index (χ0) is 10.7. The van der Waals surface area contributed by atoms with Crippen molar-refractivity contribution in [2.45, 2.75) is 25.0 Å². The van der Waals surface area contributed by atoms with Crippen LogP contribution in [0.1, 0.15) is 24.4 Å². The highest BCUT2D eigenvalue weighted by molar-refractivity contribution is 5.41. The topological polar surface area (TPSA) is 60.2 Å². The summed E-state index contributed by atoms with van der Waals surface area (Å²) in [5.41, 5.74) is 6.89. The predicted octanol–water partition coefficient (Wildman–Crippen LogP) is 1.10. The standard InChI is InChI=1S/C11H17N3O/c1-13-10(9-5-3-7-15-9)8-4-2-6-14-11(8)12/h2,4,6,9-10,13H,3,5,7H2,1H3,(H2,12,14). The number of hydrogen-bond acceptors (Lipinski definition) is 4. The van der Waals surface area contributed by atoms with Crippen molar-refractivity contribution in [1.82, 2.24) is 10.3 Å². The molecule has 0 saturated carbocycles. The molecule has 1 saturated heterocycles. The van der Waals surface area contributed by atoms with Gasteiger partial charge in [-0.3, -0.25) is 0 Å². The van der Waals surface area contributed by atoms with Crippen LogP contribution in [0.4, 0.5) is 5.82 Å². The van der Waals surface area contributed by atoms with Crippen LogP contribution < -0.4 is 11.1 Å². The van der Waals surface area contributed by atoms with Crippen LogP contribution in [0.15, 0.2) is 18.3 Å². The first-order valence-electron chi connectivity index (χ1n) is 5.32. The van der Waals surface area contributed by atoms with Gasteiger partial charge in [-0.2, -0.15) is 0 Å². The summed E-state index contributed by atoms with van der Waals surface area (Å²) < 4.78 is 5.67. The second-order valence-electron chi connectivity index (χ2n) is 3.80. The summed E-state index contributed by atoms with van der Waals surface area (Å²) >= 11 is 0. The van der Waals surface area contributed by atoms with E-state index in [1.165, 1.54) is 0 Å². The van der Waals surface area contributed by atoms with E-state index in [-0.39, 0.29) is 12.1 Å². The van der Waals surface area contributed by atoms with E-state index in [1.807, 2.05) is 19.2 Å². The fraction of sp³-hybridized carbons (Fsp3) is 0.545. The van der Waals surface area contributed by atoms with Crippen molar-refractivity contribution in [2.24, 2.45) is 0 Å². The van der Waals surface area contributed by atoms with Crippen molar-refractivity contribution in [2.75, 3.05) is 19.4 Å². The molecule has 1 aromatic rings. The van der Waals surface area contributed by atoms with Crippen LogP contribution in [-0.4, -0.2) is 24.7 Å². The second-order valence-corrected chi connectivity index (χ2v) is 3.80. The molecule has 1 aliphatic rings. The molecule has 15 heavy (non-hydrogen) atoms. The van der Waals surface area contributed by atoms with Gasteiger partial charge in [0.1, 0.15) is 5.82 Å². The molecule has 3 N–H and O–H groups in total. The van der Waals surface area contributed by atoms with E-state index >= 15 is 0 Å². The summed E-state index contributed by atoms with van der Waals surface area (Å²) in [4.78, 5) is 4.10. The highest BCUT2D eigenvalue weighted by Gasteiger charge is 2.27. The van der Waals surface area contributed by atoms with Gasteiger partial charge in [0.2, 0.25) is 0 Å². The molecule has 4 heteroatoms. The van der Waals surface area contributed by atoms with E-state index < -0.39 is 0 Å². The van der Waals surface area contributed by atoms with Crippen LogP contribution >= 0.6 is 0 Å². The fourth-order valence-electron chi connectivity index (χ4n) is 2.10. The van der Waals surface area contributed by atoms with E-state index in [4.69, 9.17) is 10.5 Å². The Morgan fingerprint density at radius 3 is 3.13 bits per heavy atom. The normalized spacial score (nSPS) is 22.9. The van der Waals surface area contributed by atoms with E-state index in [0.29, 0.717) is 5.82 Å². The monoisotopic (exact) mass is 207 g/mol. The first-order valence-corrected chi connectivity index (χ1v) is 5.32. The Balaban J connectivity index is 2.22. The largest absolute Gasteiger partial charge is 0.383 e. The molecule has 0 spiro atoms. The molecular formula is C11H17N3O. The molecule has 1 aliphatic heterocycles. The third kappa shape index (κ3) is 2.11. The molecule has 2 rings (SSSR count). The maximum Gasteiger partial charge on any atom is 0.128 e. The average molecular weight is 207 g/mol. The van der Waals surface area contributed by atoms with Gasteiger partial charge in [0, 0.05) is 18.4 Å². The molecule has 0 radical (unpaired) electrons. The number of pyridine rings is 1. The predicted molar refractivity (Wildman–Crippen MR) is 59.4 cm³/mol. The Morgan fingerprint density at radius 2 is 2.53 bits per heavy atom. The zero-order valence-electron chi connectivity index (χ0n) is 8.94. The number of likely N-dealkylation sites (N-methyl/N-ethyl adjacent to an activating group) is 1. The number of nitrogens with zero attached hydrogens (tertiary/aromatic N) is 1. The van der Waals surface area contributed by atoms with Gasteiger partial charge in [-0.05, 0) is 26.0 Å². The lowest BCUT2D eigenvalue weighted by molar-refractivity contribution is 0.0809. The van der Waals surface area contributed by atoms with Crippen molar-refractivity contribution >= 4 is 5.82 Å². The van der Waals surface area contributed by atoms with Gasteiger partial charge in [0.25, 0.3) is 0 Å². The van der Waals surface area contributed by atoms with E-state index in [9.17, 15) is 0 Å². The average Bonchev–Trinajstić information content (AvgIpc) is 2.75. The van der Waals surface area contributed by atoms with E-state index in [0.717, 1.165) is 25.0 Å². The number of nitrogen functional groups attached to an aromatic ring is 1. The maximum absolute atomic E-state index is 5.86. The SMILES string of the molecule is CNC(c1cccnc1N)C1CCCO1. The summed E-state index contributed by atoms with van der Waals surface area (Å²) in [5, 5.41) is 3.26. The van der Waals surface area contributed by atoms with Crippen LogP contribution in [-0.2, 0) is 4.74 Å². The fourth-order valence-corrected chi connectivity index (χ4v) is 2.10. The Morgan fingerprint density at radius 1 is 1.67 bits per heavy atom. The van der Waals surface area contributed by atoms with Gasteiger partial charge in [-0.1, -0.05) is 6.07 Å². The number of nitrogens with one attached hydrogen (secondary N) is 1. The van der Waals surface area contributed by atoms with Crippen molar-refractivity contribution in [3.63, 3.8) is 0 Å². The zero-order valence-corrected chi connectivity index (χ0v) is 8.94. The third-order valence-electron chi connectivity index (χ3n) is 2.85. The van der Waals surface area contributed by atoms with Crippen LogP contribution in [0.25, 0.3) is 0 Å². The molecule has 4 nitrogen and oxygen atoms in total. The van der Waals surface area contributed by atoms with Gasteiger partial charge in [-0.25, -0.2) is 4.98 Å². The van der Waals surface area contributed by atoms with Crippen molar-refractivity contribution < 1.29 is 4.74 Å². The molecule has 2 atom stereocenters. The quantitative estimate of drug-likeness (QED) is 0.779. The Kier molecular flexibility index (Phi) is 3.18. The molecule has 0 bridgehead atoms. The van der Waals surface area contributed by atoms with Gasteiger partial charge in [-0.15, -0.1) is 0 Å². The first kappa shape index (κ1) is 10.4. The molecule has 0 aromatic carbocycles. The number of rotatable bonds is 3. The summed E-state index contributed by atoms with van der Waals surface area (Å²) in [6.07, 6.45) is 4.14. The molecule has 2 heterocycles. The van der Waals surface area contributed by atoms with E-state index in [2.05, 4.69) is 10.3 Å². The van der Waals surface area contributed by atoms with Crippen LogP contribution in [0, 0.1) is 0 Å². The van der Waals surface area contributed by atoms with Crippen LogP contribution in [0.2, 0.25) is 0 Å². The van der Waals surface area contributed by atoms with Crippen LogP contribution in [0.5, 0.6) is 0 Å². The highest BCUT2D eigenvalue weighted by atomic mass is 16.5. The molecule has 2 unspecified atom stereocenters. The maximum atomic E-state index is 5.86. The minimum atomic E-state index is 0.154. The molecule has 1 aromatic heterocycles. The Hall–Kier alpha value is -1.13. The smallest absolute Gasteiger partial charge is 0.128 e. The number of hydrogen-bond donors (Lipinski definition) is 2. The second kappa shape index (κ2) is 4.59. The summed E-state index contributed by atoms with van der Waals surface area (Å²) in [5.74, 6) is 0.590. The Bertz CT molecular complexity index is 323. The first-order chi connectivity index (χ1) is 7.33. The number of anilines is 1. The molecule has 1 fully saturated rings. The molecule has 0 amide bonds. The van der Waals surface area contributed by atoms with Gasteiger partial charge >= 0.3 is 0 Å². The summed E-state index contributed by atoms with van der Waals surface area (Å²) in [6, 6.07) is 4.07. The molecular weight excluding hydrogens is 190 g/mol. The number of nitrogens with two attached hydrogens (primary N) is 1. The minimum absolute atomic E-state index is 0.154. The van der Waals surface area contributed by atoms with Crippen LogP contribution in [0.3, 0.4) is 0 Å². The van der Waals surface area contributed by atoms with E-state index in [1.54, 1.807) is 6.20 Å². The van der Waals surface area contributed by atoms with Gasteiger partial charge < -0.3 is 15.8 Å². The molecule has 0 aliphatic carbocycles. The lowest BCUT2D eigenvalue weighted by atomic mass is 10.0. The van der Waals surface area contributed by atoms with Crippen molar-refractivity contribution in [3.8, 4) is 0 Å². The Labute approximate surface area is 89.8 Å². The third-order valence-corrected chi connectivity index (χ3v) is 2.85. The highest BCUT2D eigenvalue weighted by Crippen LogP contribution is 2.28. The lowest BCUT2D eigenvalue weighted by Gasteiger charge is -2.23. The number of ether oxygens (including phenoxy) is 1. The lowest BCUT2D eigenvalue weighted by Crippen LogP contribution is -2.29. The summed E-state index contributed by atoms with van der Waals surface area (Å²) in [7, 11) is 1.93. The van der Waals surface area contributed by atoms with Crippen molar-refractivity contribution in [1.29, 1.82) is 0 Å². The van der Waals surface area contributed by atoms with Crippen molar-refractivity contribution in [3.05, 3.63) is 23.9 Å². The van der Waals surface area contributed by atoms with Gasteiger partial charge in [0.15, 0.2) is 0 Å². The summed E-state index contributed by atoms with van der Waals surface area (Å²) in [6.45, 7) is 0.850.